The molecule has 0 aliphatic heterocycles. The van der Waals surface area contributed by atoms with Gasteiger partial charge in [0.25, 0.3) is 0 Å². The minimum absolute atomic E-state index is 0.0204. The number of nitrogens with one attached hydrogen (secondary N) is 4. The van der Waals surface area contributed by atoms with Crippen molar-refractivity contribution >= 4 is 40.5 Å². The van der Waals surface area contributed by atoms with Crippen molar-refractivity contribution in [2.75, 3.05) is 12.4 Å². The van der Waals surface area contributed by atoms with Gasteiger partial charge in [-0.05, 0) is 60.5 Å². The summed E-state index contributed by atoms with van der Waals surface area (Å²) in [5.41, 5.74) is 7.61. The lowest BCUT2D eigenvalue weighted by atomic mass is 9.84. The van der Waals surface area contributed by atoms with E-state index < -0.39 is 30.3 Å². The molecule has 1 aromatic heterocycles. The number of amidine groups is 1. The first-order valence-electron chi connectivity index (χ1n) is 11.9. The third-order valence-corrected chi connectivity index (χ3v) is 6.45. The van der Waals surface area contributed by atoms with Crippen LogP contribution < -0.4 is 16.4 Å². The third kappa shape index (κ3) is 5.20. The van der Waals surface area contributed by atoms with E-state index in [1.165, 1.54) is 38.2 Å². The Hall–Kier alpha value is -5.59. The maximum Gasteiger partial charge on any atom is 0.318 e. The van der Waals surface area contributed by atoms with Crippen LogP contribution in [0.15, 0.2) is 42.5 Å². The average Bonchev–Trinajstić information content (AvgIpc) is 3.32. The molecule has 10 N–H and O–H groups in total. The summed E-state index contributed by atoms with van der Waals surface area (Å²) in [5, 5.41) is 54.3. The summed E-state index contributed by atoms with van der Waals surface area (Å²) in [6.07, 6.45) is -0.744. The number of aliphatic carboxylic acids is 2. The zero-order chi connectivity index (χ0) is 29.3. The molecule has 3 aromatic carbocycles. The van der Waals surface area contributed by atoms with Gasteiger partial charge < -0.3 is 41.8 Å². The van der Waals surface area contributed by atoms with Gasteiger partial charge in [-0.2, -0.15) is 0 Å². The van der Waals surface area contributed by atoms with E-state index in [0.29, 0.717) is 16.6 Å². The second-order valence-electron chi connectivity index (χ2n) is 9.02. The standard InChI is InChI=1S/C27H26N6O7/c1-11-14(15(26(38)39)10-21(35)36)9-17(25-32-18-5-3-12(24(28)29)7-19(18)33-25)23(37)22(11)16-8-13(4-6-20(16)34)31-27(40)30-2/h3-9,15,34,37H,10H2,1-2H3,(H3,28,29)(H,32,33)(H,35,36)(H,38,39)(H2,30,31,40). The topological polar surface area (TPSA) is 235 Å². The van der Waals surface area contributed by atoms with E-state index in [2.05, 4.69) is 20.6 Å². The lowest BCUT2D eigenvalue weighted by Crippen LogP contribution is -2.24. The number of carboxylic acids is 2. The number of nitrogens with two attached hydrogens (primary N) is 1. The number of H-pyrrole nitrogens is 1. The number of hydrogen-bond acceptors (Lipinski definition) is 7. The monoisotopic (exact) mass is 546 g/mol. The summed E-state index contributed by atoms with van der Waals surface area (Å²) in [4.78, 5) is 43.2. The Bertz CT molecular complexity index is 1690. The van der Waals surface area contributed by atoms with Crippen molar-refractivity contribution in [1.29, 1.82) is 5.41 Å². The third-order valence-electron chi connectivity index (χ3n) is 6.45. The first-order chi connectivity index (χ1) is 18.9. The largest absolute Gasteiger partial charge is 0.507 e. The smallest absolute Gasteiger partial charge is 0.318 e. The quantitative estimate of drug-likeness (QED) is 0.0894. The molecule has 0 radical (unpaired) electrons. The Labute approximate surface area is 226 Å². The SMILES string of the molecule is CNC(=O)Nc1ccc(O)c(-c2c(C)c(C(CC(=O)O)C(=O)O)cc(-c3nc4ccc(C(=N)N)cc4[nH]3)c2O)c1. The Morgan fingerprint density at radius 3 is 2.42 bits per heavy atom. The number of aromatic hydroxyl groups is 2. The number of imidazole rings is 1. The van der Waals surface area contributed by atoms with Crippen LogP contribution in [-0.2, 0) is 9.59 Å². The van der Waals surface area contributed by atoms with Crippen molar-refractivity contribution in [2.45, 2.75) is 19.3 Å². The van der Waals surface area contributed by atoms with E-state index in [-0.39, 0.29) is 56.7 Å². The molecule has 2 amide bonds. The normalized spacial score (nSPS) is 11.7. The molecule has 13 heteroatoms. The molecule has 4 aromatic rings. The van der Waals surface area contributed by atoms with Crippen molar-refractivity contribution in [3.05, 3.63) is 59.2 Å². The van der Waals surface area contributed by atoms with Crippen molar-refractivity contribution in [2.24, 2.45) is 5.73 Å². The van der Waals surface area contributed by atoms with Crippen LogP contribution in [0.1, 0.15) is 29.0 Å². The van der Waals surface area contributed by atoms with E-state index in [4.69, 9.17) is 11.1 Å². The molecule has 1 heterocycles. The highest BCUT2D eigenvalue weighted by Gasteiger charge is 2.30. The van der Waals surface area contributed by atoms with E-state index in [1.807, 2.05) is 0 Å². The lowest BCUT2D eigenvalue weighted by molar-refractivity contribution is -0.145. The molecule has 1 unspecified atom stereocenters. The van der Waals surface area contributed by atoms with Crippen molar-refractivity contribution in [3.8, 4) is 34.0 Å². The molecule has 13 nitrogen and oxygen atoms in total. The van der Waals surface area contributed by atoms with Crippen LogP contribution >= 0.6 is 0 Å². The number of rotatable bonds is 8. The number of carbonyl (C=O) groups is 3. The fourth-order valence-electron chi connectivity index (χ4n) is 4.48. The number of aromatic nitrogens is 2. The minimum atomic E-state index is -1.50. The van der Waals surface area contributed by atoms with Gasteiger partial charge in [0.05, 0.1) is 28.9 Å². The number of benzene rings is 3. The second-order valence-corrected chi connectivity index (χ2v) is 9.02. The van der Waals surface area contributed by atoms with Crippen LogP contribution in [0.3, 0.4) is 0 Å². The zero-order valence-electron chi connectivity index (χ0n) is 21.4. The number of hydrogen-bond donors (Lipinski definition) is 9. The molecule has 206 valence electrons. The van der Waals surface area contributed by atoms with Crippen LogP contribution in [0.5, 0.6) is 11.5 Å². The molecule has 0 aliphatic carbocycles. The summed E-state index contributed by atoms with van der Waals surface area (Å²) in [6.45, 7) is 1.50. The van der Waals surface area contributed by atoms with Gasteiger partial charge >= 0.3 is 18.0 Å². The average molecular weight is 547 g/mol. The van der Waals surface area contributed by atoms with Crippen LogP contribution in [-0.4, -0.2) is 61.2 Å². The number of anilines is 1. The number of carbonyl (C=O) groups excluding carboxylic acids is 1. The highest BCUT2D eigenvalue weighted by molar-refractivity contribution is 5.99. The number of carboxylic acid groups (broad SMARTS) is 2. The molecule has 40 heavy (non-hydrogen) atoms. The first-order valence-corrected chi connectivity index (χ1v) is 11.9. The van der Waals surface area contributed by atoms with Gasteiger partial charge in [0.2, 0.25) is 0 Å². The van der Waals surface area contributed by atoms with Gasteiger partial charge in [-0.25, -0.2) is 9.78 Å². The van der Waals surface area contributed by atoms with Gasteiger partial charge in [-0.15, -0.1) is 0 Å². The number of fused-ring (bicyclic) bond motifs is 1. The molecule has 0 spiro atoms. The number of phenols is 2. The fraction of sp³-hybridized carbons (Fsp3) is 0.148. The van der Waals surface area contributed by atoms with Crippen LogP contribution in [0.4, 0.5) is 10.5 Å². The summed E-state index contributed by atoms with van der Waals surface area (Å²) in [5.74, 6) is -4.96. The Kier molecular flexibility index (Phi) is 7.31. The van der Waals surface area contributed by atoms with Crippen LogP contribution in [0.2, 0.25) is 0 Å². The van der Waals surface area contributed by atoms with Gasteiger partial charge in [0, 0.05) is 29.4 Å². The van der Waals surface area contributed by atoms with Gasteiger partial charge in [-0.3, -0.25) is 15.0 Å². The van der Waals surface area contributed by atoms with Crippen molar-refractivity contribution < 1.29 is 34.8 Å². The van der Waals surface area contributed by atoms with E-state index in [9.17, 15) is 34.8 Å². The lowest BCUT2D eigenvalue weighted by Gasteiger charge is -2.21. The summed E-state index contributed by atoms with van der Waals surface area (Å²) in [7, 11) is 1.42. The molecule has 1 atom stereocenters. The maximum absolute atomic E-state index is 12.2. The Morgan fingerprint density at radius 1 is 1.07 bits per heavy atom. The zero-order valence-corrected chi connectivity index (χ0v) is 21.4. The molecule has 0 saturated heterocycles. The Balaban J connectivity index is 2.03. The number of nitrogen functional groups attached to an aromatic ring is 1. The van der Waals surface area contributed by atoms with Gasteiger partial charge in [0.15, 0.2) is 0 Å². The first kappa shape index (κ1) is 27.4. The number of aromatic amines is 1. The van der Waals surface area contributed by atoms with Gasteiger partial charge in [0.1, 0.15) is 23.2 Å². The highest BCUT2D eigenvalue weighted by atomic mass is 16.4. The molecule has 0 bridgehead atoms. The maximum atomic E-state index is 12.2. The number of nitrogens with zero attached hydrogens (tertiary/aromatic N) is 1. The predicted octanol–water partition coefficient (Wildman–Crippen LogP) is 3.29. The molecule has 0 fully saturated rings. The number of amides is 2. The highest BCUT2D eigenvalue weighted by Crippen LogP contribution is 2.47. The summed E-state index contributed by atoms with van der Waals surface area (Å²) < 4.78 is 0. The number of urea groups is 1. The minimum Gasteiger partial charge on any atom is -0.507 e. The van der Waals surface area contributed by atoms with Gasteiger partial charge in [-0.1, -0.05) is 0 Å². The predicted molar refractivity (Wildman–Crippen MR) is 147 cm³/mol. The van der Waals surface area contributed by atoms with Crippen LogP contribution in [0.25, 0.3) is 33.5 Å². The molecular formula is C27H26N6O7. The van der Waals surface area contributed by atoms with E-state index in [0.717, 1.165) is 0 Å². The van der Waals surface area contributed by atoms with E-state index in [1.54, 1.807) is 18.2 Å². The van der Waals surface area contributed by atoms with E-state index >= 15 is 0 Å². The van der Waals surface area contributed by atoms with Crippen molar-refractivity contribution in [3.63, 3.8) is 0 Å². The fourth-order valence-corrected chi connectivity index (χ4v) is 4.48. The Morgan fingerprint density at radius 2 is 1.80 bits per heavy atom. The molecule has 0 saturated carbocycles. The molecule has 0 aliphatic rings. The van der Waals surface area contributed by atoms with Crippen molar-refractivity contribution in [1.82, 2.24) is 15.3 Å². The number of phenolic OH excluding ortho intramolecular Hbond substituents is 2. The summed E-state index contributed by atoms with van der Waals surface area (Å²) >= 11 is 0. The molecular weight excluding hydrogens is 520 g/mol. The van der Waals surface area contributed by atoms with Crippen LogP contribution in [0, 0.1) is 12.3 Å². The summed E-state index contributed by atoms with van der Waals surface area (Å²) in [6, 6.07) is 9.73. The second kappa shape index (κ2) is 10.6. The molecule has 4 rings (SSSR count).